The predicted octanol–water partition coefficient (Wildman–Crippen LogP) is -6.16. The molecular formula is C43H69N11O16. The molecule has 1 aromatic rings. The second kappa shape index (κ2) is 29.8. The second-order valence-corrected chi connectivity index (χ2v) is 17.4. The minimum absolute atomic E-state index is 0.0357. The Morgan fingerprint density at radius 2 is 0.957 bits per heavy atom. The van der Waals surface area contributed by atoms with E-state index in [0.717, 1.165) is 13.8 Å². The van der Waals surface area contributed by atoms with Crippen LogP contribution in [0.3, 0.4) is 0 Å². The Bertz CT molecular complexity index is 2000. The minimum atomic E-state index is -1.87. The first-order valence-electron chi connectivity index (χ1n) is 22.3. The van der Waals surface area contributed by atoms with E-state index >= 15 is 0 Å². The summed E-state index contributed by atoms with van der Waals surface area (Å²) >= 11 is 0. The molecule has 19 N–H and O–H groups in total. The molecule has 0 aliphatic carbocycles. The first-order valence-corrected chi connectivity index (χ1v) is 22.3. The Morgan fingerprint density at radius 1 is 0.529 bits per heavy atom. The summed E-state index contributed by atoms with van der Waals surface area (Å²) in [5.41, 5.74) is 16.6. The zero-order valence-corrected chi connectivity index (χ0v) is 39.9. The fourth-order valence-electron chi connectivity index (χ4n) is 6.39. The number of aliphatic hydroxyl groups is 3. The number of aliphatic carboxylic acids is 1. The number of amides is 10. The fraction of sp³-hybridized carbons (Fsp3) is 0.605. The van der Waals surface area contributed by atoms with E-state index in [0.29, 0.717) is 5.56 Å². The highest BCUT2D eigenvalue weighted by Gasteiger charge is 2.36. The van der Waals surface area contributed by atoms with Gasteiger partial charge >= 0.3 is 5.97 Å². The number of benzene rings is 1. The first-order chi connectivity index (χ1) is 32.6. The van der Waals surface area contributed by atoms with Crippen LogP contribution in [0.2, 0.25) is 0 Å². The third-order valence-electron chi connectivity index (χ3n) is 10.2. The molecule has 0 unspecified atom stereocenters. The number of primary amides is 2. The lowest BCUT2D eigenvalue weighted by Gasteiger charge is -2.28. The number of aromatic hydroxyl groups is 1. The summed E-state index contributed by atoms with van der Waals surface area (Å²) in [7, 11) is 0. The average molecular weight is 996 g/mol. The number of nitrogens with two attached hydrogens (primary N) is 3. The van der Waals surface area contributed by atoms with Crippen LogP contribution in [0.5, 0.6) is 5.75 Å². The third kappa shape index (κ3) is 22.0. The molecule has 0 fully saturated rings. The van der Waals surface area contributed by atoms with Crippen LogP contribution in [0.15, 0.2) is 24.3 Å². The first kappa shape index (κ1) is 61.0. The van der Waals surface area contributed by atoms with Crippen molar-refractivity contribution in [2.24, 2.45) is 29.0 Å². The molecule has 1 aromatic carbocycles. The van der Waals surface area contributed by atoms with Crippen molar-refractivity contribution in [3.8, 4) is 5.75 Å². The van der Waals surface area contributed by atoms with Gasteiger partial charge in [-0.15, -0.1) is 0 Å². The zero-order chi connectivity index (χ0) is 53.6. The van der Waals surface area contributed by atoms with Crippen LogP contribution in [0.25, 0.3) is 0 Å². The van der Waals surface area contributed by atoms with E-state index in [4.69, 9.17) is 17.2 Å². The summed E-state index contributed by atoms with van der Waals surface area (Å²) < 4.78 is 0. The van der Waals surface area contributed by atoms with Crippen molar-refractivity contribution in [1.29, 1.82) is 0 Å². The summed E-state index contributed by atoms with van der Waals surface area (Å²) in [4.78, 5) is 142. The summed E-state index contributed by atoms with van der Waals surface area (Å²) in [5, 5.41) is 67.9. The highest BCUT2D eigenvalue weighted by Crippen LogP contribution is 2.13. The van der Waals surface area contributed by atoms with Crippen molar-refractivity contribution in [2.75, 3.05) is 13.2 Å². The van der Waals surface area contributed by atoms with Crippen molar-refractivity contribution in [3.63, 3.8) is 0 Å². The number of carbonyl (C=O) groups is 11. The van der Waals surface area contributed by atoms with Gasteiger partial charge in [-0.25, -0.2) is 4.79 Å². The Hall–Kier alpha value is -6.97. The number of hydrogen-bond acceptors (Lipinski definition) is 16. The molecule has 0 aliphatic rings. The van der Waals surface area contributed by atoms with Crippen molar-refractivity contribution < 1.29 is 78.3 Å². The fourth-order valence-corrected chi connectivity index (χ4v) is 6.39. The van der Waals surface area contributed by atoms with Crippen molar-refractivity contribution in [3.05, 3.63) is 29.8 Å². The van der Waals surface area contributed by atoms with Gasteiger partial charge in [-0.3, -0.25) is 47.9 Å². The molecule has 10 atom stereocenters. The van der Waals surface area contributed by atoms with Crippen molar-refractivity contribution >= 4 is 65.0 Å². The molecular weight excluding hydrogens is 927 g/mol. The van der Waals surface area contributed by atoms with Crippen LogP contribution in [-0.2, 0) is 59.2 Å². The maximum atomic E-state index is 13.7. The molecule has 0 aliphatic heterocycles. The number of carboxylic acids is 1. The number of carbonyl (C=O) groups excluding carboxylic acids is 10. The maximum Gasteiger partial charge on any atom is 0.326 e. The molecule has 0 saturated heterocycles. The number of aliphatic hydroxyl groups excluding tert-OH is 3. The van der Waals surface area contributed by atoms with E-state index in [-0.39, 0.29) is 49.7 Å². The van der Waals surface area contributed by atoms with Crippen LogP contribution in [0.4, 0.5) is 0 Å². The standard InChI is InChI=1S/C43H69N11O16/c1-19(2)13-26(38(64)53-31(18-56)41(67)51-29(43(69)70)14-20(3)4)50-42(68)34(22(6)57)54-39(65)28(16-33(46)60)48-35(61)21(5)47-37(63)27(15-23-7-9-24(58)10-8-23)49-40(66)30(17-55)52-36(62)25(44)11-12-32(45)59/h7-10,19-22,25-31,34,55-58H,11-18,44H2,1-6H3,(H2,45,59)(H2,46,60)(H,47,63)(H,48,61)(H,49,66)(H,50,68)(H,51,67)(H,52,62)(H,53,64)(H,54,65)(H,69,70)/t21-,22+,25-,26-,27-,28-,29-,30-,31-,34-/m0/s1. The third-order valence-corrected chi connectivity index (χ3v) is 10.2. The van der Waals surface area contributed by atoms with Crippen molar-refractivity contribution in [1.82, 2.24) is 42.5 Å². The average Bonchev–Trinajstić information content (AvgIpc) is 3.26. The van der Waals surface area contributed by atoms with E-state index in [9.17, 15) is 78.3 Å². The molecule has 1 rings (SSSR count). The molecule has 0 heterocycles. The van der Waals surface area contributed by atoms with E-state index < -0.39 is 145 Å². The number of nitrogens with one attached hydrogen (secondary N) is 8. The number of phenols is 1. The normalized spacial score (nSPS) is 15.4. The summed E-state index contributed by atoms with van der Waals surface area (Å²) in [6, 6.07) is -8.82. The quantitative estimate of drug-likeness (QED) is 0.0329. The lowest BCUT2D eigenvalue weighted by molar-refractivity contribution is -0.143. The lowest BCUT2D eigenvalue weighted by atomic mass is 10.0. The SMILES string of the molecule is CC(C)C[C@H](NC(=O)[C@H](CO)NC(=O)[C@H](CC(C)C)NC(=O)[C@@H](NC(=O)[C@H](CC(N)=O)NC(=O)[C@H](C)NC(=O)[C@H](Cc1ccc(O)cc1)NC(=O)[C@H](CO)NC(=O)[C@@H](N)CCC(N)=O)[C@@H](C)O)C(=O)O. The molecule has 70 heavy (non-hydrogen) atoms. The van der Waals surface area contributed by atoms with Gasteiger partial charge in [0.05, 0.1) is 31.8 Å². The van der Waals surface area contributed by atoms with Crippen LogP contribution >= 0.6 is 0 Å². The predicted molar refractivity (Wildman–Crippen MR) is 246 cm³/mol. The van der Waals surface area contributed by atoms with Gasteiger partial charge in [0.15, 0.2) is 0 Å². The van der Waals surface area contributed by atoms with E-state index in [1.807, 2.05) is 0 Å². The van der Waals surface area contributed by atoms with Crippen LogP contribution < -0.4 is 59.7 Å². The molecule has 10 amide bonds. The topological polar surface area (TPSA) is 463 Å². The molecule has 0 aromatic heterocycles. The van der Waals surface area contributed by atoms with Gasteiger partial charge in [0.2, 0.25) is 59.1 Å². The Kier molecular flexibility index (Phi) is 26.0. The number of rotatable bonds is 31. The molecule has 0 radical (unpaired) electrons. The Balaban J connectivity index is 3.28. The molecule has 0 bridgehead atoms. The number of carboxylic acid groups (broad SMARTS) is 1. The molecule has 27 nitrogen and oxygen atoms in total. The highest BCUT2D eigenvalue weighted by atomic mass is 16.4. The van der Waals surface area contributed by atoms with E-state index in [1.165, 1.54) is 24.3 Å². The Morgan fingerprint density at radius 3 is 1.43 bits per heavy atom. The monoisotopic (exact) mass is 995 g/mol. The zero-order valence-electron chi connectivity index (χ0n) is 39.9. The summed E-state index contributed by atoms with van der Waals surface area (Å²) in [5.74, 6) is -12.3. The molecule has 0 spiro atoms. The van der Waals surface area contributed by atoms with Gasteiger partial charge in [0, 0.05) is 12.8 Å². The van der Waals surface area contributed by atoms with Crippen LogP contribution in [-0.4, -0.2) is 164 Å². The minimum Gasteiger partial charge on any atom is -0.508 e. The number of hydrogen-bond donors (Lipinski definition) is 16. The maximum absolute atomic E-state index is 13.7. The van der Waals surface area contributed by atoms with Crippen LogP contribution in [0.1, 0.15) is 79.2 Å². The van der Waals surface area contributed by atoms with E-state index in [1.54, 1.807) is 27.7 Å². The highest BCUT2D eigenvalue weighted by molar-refractivity contribution is 5.99. The van der Waals surface area contributed by atoms with Crippen molar-refractivity contribution in [2.45, 2.75) is 141 Å². The molecule has 392 valence electrons. The van der Waals surface area contributed by atoms with Gasteiger partial charge in [-0.2, -0.15) is 0 Å². The van der Waals surface area contributed by atoms with Gasteiger partial charge in [-0.1, -0.05) is 39.8 Å². The van der Waals surface area contributed by atoms with Crippen LogP contribution in [0, 0.1) is 11.8 Å². The molecule has 27 heteroatoms. The molecule has 0 saturated carbocycles. The van der Waals surface area contributed by atoms with Gasteiger partial charge in [-0.05, 0) is 62.6 Å². The smallest absolute Gasteiger partial charge is 0.326 e. The Labute approximate surface area is 403 Å². The van der Waals surface area contributed by atoms with Gasteiger partial charge < -0.3 is 85.3 Å². The van der Waals surface area contributed by atoms with Gasteiger partial charge in [0.25, 0.3) is 0 Å². The largest absolute Gasteiger partial charge is 0.508 e. The second-order valence-electron chi connectivity index (χ2n) is 17.4. The van der Waals surface area contributed by atoms with E-state index in [2.05, 4.69) is 42.5 Å². The summed E-state index contributed by atoms with van der Waals surface area (Å²) in [6.07, 6.45) is -3.34. The lowest BCUT2D eigenvalue weighted by Crippen LogP contribution is -2.62. The number of phenolic OH excluding ortho intramolecular Hbond substituents is 1. The summed E-state index contributed by atoms with van der Waals surface area (Å²) in [6.45, 7) is 7.11. The van der Waals surface area contributed by atoms with Gasteiger partial charge in [0.1, 0.15) is 54.1 Å².